The van der Waals surface area contributed by atoms with Gasteiger partial charge in [0.25, 0.3) is 5.91 Å². The molecule has 1 amide bonds. The third kappa shape index (κ3) is 5.02. The van der Waals surface area contributed by atoms with E-state index in [4.69, 9.17) is 9.47 Å². The van der Waals surface area contributed by atoms with Gasteiger partial charge >= 0.3 is 0 Å². The molecule has 3 aromatic carbocycles. The Hall–Kier alpha value is -4.18. The molecular formula is C25H19FN4O4S. The quantitative estimate of drug-likeness (QED) is 0.291. The van der Waals surface area contributed by atoms with E-state index in [0.717, 1.165) is 5.69 Å². The highest BCUT2D eigenvalue weighted by Crippen LogP contribution is 2.30. The Morgan fingerprint density at radius 3 is 2.71 bits per heavy atom. The van der Waals surface area contributed by atoms with Gasteiger partial charge in [-0.1, -0.05) is 42.1 Å². The minimum atomic E-state index is -0.467. The number of carbonyl (C=O) groups excluding carboxylic acids is 2. The smallest absolute Gasteiger partial charge is 0.262 e. The number of para-hydroxylation sites is 2. The Balaban J connectivity index is 1.35. The largest absolute Gasteiger partial charge is 0.483 e. The van der Waals surface area contributed by atoms with Gasteiger partial charge in [-0.25, -0.2) is 4.39 Å². The molecular weight excluding hydrogens is 471 g/mol. The molecule has 0 radical (unpaired) electrons. The molecule has 8 nitrogen and oxygen atoms in total. The topological polar surface area (TPSA) is 95.3 Å². The van der Waals surface area contributed by atoms with Crippen molar-refractivity contribution in [2.75, 3.05) is 17.7 Å². The Kier molecular flexibility index (Phi) is 6.44. The minimum absolute atomic E-state index is 0.0120. The molecule has 35 heavy (non-hydrogen) atoms. The van der Waals surface area contributed by atoms with Gasteiger partial charge in [0, 0.05) is 11.3 Å². The van der Waals surface area contributed by atoms with Gasteiger partial charge in [0.1, 0.15) is 12.4 Å². The summed E-state index contributed by atoms with van der Waals surface area (Å²) in [6.45, 7) is -0.0594. The molecule has 0 unspecified atom stereocenters. The maximum atomic E-state index is 14.0. The third-order valence-electron chi connectivity index (χ3n) is 5.17. The fraction of sp³-hybridized carbons (Fsp3) is 0.120. The summed E-state index contributed by atoms with van der Waals surface area (Å²) in [6.07, 6.45) is 0. The van der Waals surface area contributed by atoms with Gasteiger partial charge in [-0.2, -0.15) is 0 Å². The van der Waals surface area contributed by atoms with E-state index in [9.17, 15) is 14.0 Å². The molecule has 0 spiro atoms. The van der Waals surface area contributed by atoms with E-state index in [2.05, 4.69) is 15.5 Å². The van der Waals surface area contributed by atoms with Crippen molar-refractivity contribution >= 4 is 29.1 Å². The average Bonchev–Trinajstić information content (AvgIpc) is 3.29. The number of nitrogens with zero attached hydrogens (tertiary/aromatic N) is 3. The number of nitrogens with one attached hydrogen (secondary N) is 1. The van der Waals surface area contributed by atoms with Crippen molar-refractivity contribution in [2.24, 2.45) is 0 Å². The Morgan fingerprint density at radius 2 is 1.89 bits per heavy atom. The summed E-state index contributed by atoms with van der Waals surface area (Å²) in [5, 5.41) is 11.7. The zero-order chi connectivity index (χ0) is 24.2. The van der Waals surface area contributed by atoms with Crippen LogP contribution in [0.3, 0.4) is 0 Å². The number of Topliss-reactive ketones (excluding diaryl/α,β-unsaturated/α-hetero) is 1. The van der Waals surface area contributed by atoms with Crippen LogP contribution in [0, 0.1) is 5.82 Å². The molecule has 1 aromatic heterocycles. The standard InChI is InChI=1S/C25H19FN4O4S/c26-18-8-4-5-9-21(18)33-13-23-28-29-25(30(23)17-6-2-1-3-7-17)35-15-20(31)16-10-11-22-19(12-16)27-24(32)14-34-22/h1-12H,13-15H2,(H,27,32). The number of thioether (sulfide) groups is 1. The van der Waals surface area contributed by atoms with Crippen molar-refractivity contribution < 1.29 is 23.5 Å². The molecule has 5 rings (SSSR count). The zero-order valence-corrected chi connectivity index (χ0v) is 19.1. The van der Waals surface area contributed by atoms with Crippen LogP contribution in [-0.2, 0) is 11.4 Å². The highest BCUT2D eigenvalue weighted by Gasteiger charge is 2.20. The summed E-state index contributed by atoms with van der Waals surface area (Å²) < 4.78 is 26.7. The van der Waals surface area contributed by atoms with E-state index in [-0.39, 0.29) is 36.4 Å². The summed E-state index contributed by atoms with van der Waals surface area (Å²) in [4.78, 5) is 24.5. The fourth-order valence-electron chi connectivity index (χ4n) is 3.50. The van der Waals surface area contributed by atoms with Crippen molar-refractivity contribution in [3.8, 4) is 17.2 Å². The lowest BCUT2D eigenvalue weighted by atomic mass is 10.1. The highest BCUT2D eigenvalue weighted by molar-refractivity contribution is 7.99. The van der Waals surface area contributed by atoms with Crippen LogP contribution in [0.2, 0.25) is 0 Å². The second kappa shape index (κ2) is 9.98. The zero-order valence-electron chi connectivity index (χ0n) is 18.3. The summed E-state index contributed by atoms with van der Waals surface area (Å²) in [6, 6.07) is 20.5. The molecule has 0 saturated heterocycles. The van der Waals surface area contributed by atoms with Crippen LogP contribution in [-0.4, -0.2) is 38.8 Å². The van der Waals surface area contributed by atoms with Crippen LogP contribution in [0.25, 0.3) is 5.69 Å². The maximum absolute atomic E-state index is 14.0. The predicted octanol–water partition coefficient (Wildman–Crippen LogP) is 4.29. The number of benzene rings is 3. The number of aromatic nitrogens is 3. The van der Waals surface area contributed by atoms with E-state index >= 15 is 0 Å². The van der Waals surface area contributed by atoms with Gasteiger partial charge in [0.15, 0.2) is 34.9 Å². The van der Waals surface area contributed by atoms with Crippen LogP contribution in [0.5, 0.6) is 11.5 Å². The molecule has 10 heteroatoms. The number of amides is 1. The maximum Gasteiger partial charge on any atom is 0.262 e. The number of ether oxygens (including phenoxy) is 2. The number of rotatable bonds is 8. The summed E-state index contributed by atoms with van der Waals surface area (Å²) in [5.74, 6) is 0.308. The van der Waals surface area contributed by atoms with Crippen LogP contribution in [0.4, 0.5) is 10.1 Å². The second-order valence-electron chi connectivity index (χ2n) is 7.55. The van der Waals surface area contributed by atoms with Gasteiger partial charge in [-0.15, -0.1) is 10.2 Å². The number of hydrogen-bond donors (Lipinski definition) is 1. The first-order valence-electron chi connectivity index (χ1n) is 10.7. The van der Waals surface area contributed by atoms with E-state index < -0.39 is 5.82 Å². The van der Waals surface area contributed by atoms with Gasteiger partial charge in [0.05, 0.1) is 11.4 Å². The molecule has 0 saturated carbocycles. The lowest BCUT2D eigenvalue weighted by Gasteiger charge is -2.18. The monoisotopic (exact) mass is 490 g/mol. The highest BCUT2D eigenvalue weighted by atomic mass is 32.2. The van der Waals surface area contributed by atoms with Crippen LogP contribution < -0.4 is 14.8 Å². The number of carbonyl (C=O) groups is 2. The lowest BCUT2D eigenvalue weighted by molar-refractivity contribution is -0.118. The normalized spacial score (nSPS) is 12.4. The average molecular weight is 491 g/mol. The molecule has 2 heterocycles. The Labute approximate surface area is 204 Å². The van der Waals surface area contributed by atoms with Gasteiger partial charge in [0.2, 0.25) is 0 Å². The number of anilines is 1. The first-order valence-corrected chi connectivity index (χ1v) is 11.7. The summed E-state index contributed by atoms with van der Waals surface area (Å²) in [7, 11) is 0. The Bertz CT molecular complexity index is 1390. The number of fused-ring (bicyclic) bond motifs is 1. The minimum Gasteiger partial charge on any atom is -0.483 e. The molecule has 0 bridgehead atoms. The molecule has 0 fully saturated rings. The van der Waals surface area contributed by atoms with E-state index in [1.807, 2.05) is 30.3 Å². The predicted molar refractivity (Wildman–Crippen MR) is 128 cm³/mol. The van der Waals surface area contributed by atoms with Gasteiger partial charge in [-0.05, 0) is 42.5 Å². The molecule has 1 aliphatic rings. The van der Waals surface area contributed by atoms with Crippen molar-refractivity contribution in [1.29, 1.82) is 0 Å². The molecule has 0 aliphatic carbocycles. The second-order valence-corrected chi connectivity index (χ2v) is 8.49. The van der Waals surface area contributed by atoms with E-state index in [0.29, 0.717) is 28.0 Å². The van der Waals surface area contributed by atoms with Gasteiger partial charge in [-0.3, -0.25) is 14.2 Å². The number of ketones is 1. The van der Waals surface area contributed by atoms with E-state index in [1.165, 1.54) is 17.8 Å². The van der Waals surface area contributed by atoms with Gasteiger partial charge < -0.3 is 14.8 Å². The van der Waals surface area contributed by atoms with Crippen molar-refractivity contribution in [1.82, 2.24) is 14.8 Å². The van der Waals surface area contributed by atoms with Crippen LogP contribution in [0.15, 0.2) is 78.0 Å². The molecule has 0 atom stereocenters. The SMILES string of the molecule is O=C1COc2ccc(C(=O)CSc3nnc(COc4ccccc4F)n3-c3ccccc3)cc2N1. The molecule has 1 N–H and O–H groups in total. The lowest BCUT2D eigenvalue weighted by Crippen LogP contribution is -2.25. The number of halogens is 1. The Morgan fingerprint density at radius 1 is 1.09 bits per heavy atom. The first-order chi connectivity index (χ1) is 17.1. The number of hydrogen-bond acceptors (Lipinski definition) is 7. The molecule has 176 valence electrons. The summed E-state index contributed by atoms with van der Waals surface area (Å²) in [5.41, 5.74) is 1.70. The molecule has 1 aliphatic heterocycles. The first kappa shape index (κ1) is 22.6. The van der Waals surface area contributed by atoms with E-state index in [1.54, 1.807) is 41.0 Å². The van der Waals surface area contributed by atoms with Crippen molar-refractivity contribution in [3.05, 3.63) is 90.0 Å². The van der Waals surface area contributed by atoms with Crippen LogP contribution in [0.1, 0.15) is 16.2 Å². The summed E-state index contributed by atoms with van der Waals surface area (Å²) >= 11 is 1.22. The molecule has 4 aromatic rings. The van der Waals surface area contributed by atoms with Crippen molar-refractivity contribution in [3.63, 3.8) is 0 Å². The fourth-order valence-corrected chi connectivity index (χ4v) is 4.36. The third-order valence-corrected chi connectivity index (χ3v) is 6.10. The van der Waals surface area contributed by atoms with Crippen LogP contribution >= 0.6 is 11.8 Å². The van der Waals surface area contributed by atoms with Crippen molar-refractivity contribution in [2.45, 2.75) is 11.8 Å².